The maximum Gasteiger partial charge on any atom is 0.162 e. The van der Waals surface area contributed by atoms with Crippen molar-refractivity contribution in [1.82, 2.24) is 9.97 Å². The summed E-state index contributed by atoms with van der Waals surface area (Å²) in [6.07, 6.45) is 0. The molecule has 4 nitrogen and oxygen atoms in total. The van der Waals surface area contributed by atoms with E-state index in [1.54, 1.807) is 0 Å². The monoisotopic (exact) mass is 210 g/mol. The maximum absolute atomic E-state index is 5.31. The Labute approximate surface area is 92.1 Å². The van der Waals surface area contributed by atoms with Crippen molar-refractivity contribution >= 4 is 27.8 Å². The van der Waals surface area contributed by atoms with E-state index < -0.39 is 0 Å². The summed E-state index contributed by atoms with van der Waals surface area (Å²) in [5.41, 5.74) is 4.16. The smallest absolute Gasteiger partial charge is 0.162 e. The van der Waals surface area contributed by atoms with Gasteiger partial charge in [0.1, 0.15) is 5.82 Å². The number of nitrogen functional groups attached to an aromatic ring is 1. The first-order valence-corrected chi connectivity index (χ1v) is 5.00. The van der Waals surface area contributed by atoms with Crippen molar-refractivity contribution in [2.24, 2.45) is 5.84 Å². The molecule has 0 atom stereocenters. The molecule has 0 saturated heterocycles. The van der Waals surface area contributed by atoms with Crippen LogP contribution in [0, 0.1) is 0 Å². The van der Waals surface area contributed by atoms with Gasteiger partial charge in [-0.15, -0.1) is 0 Å². The average molecular weight is 210 g/mol. The Morgan fingerprint density at radius 1 is 0.938 bits per heavy atom. The van der Waals surface area contributed by atoms with Crippen LogP contribution in [-0.4, -0.2) is 9.97 Å². The highest BCUT2D eigenvalue weighted by atomic mass is 15.2. The van der Waals surface area contributed by atoms with Gasteiger partial charge in [0, 0.05) is 10.8 Å². The van der Waals surface area contributed by atoms with Gasteiger partial charge in [-0.2, -0.15) is 0 Å². The molecule has 0 fully saturated rings. The second kappa shape index (κ2) is 3.43. The van der Waals surface area contributed by atoms with Gasteiger partial charge in [0.15, 0.2) is 5.65 Å². The van der Waals surface area contributed by atoms with Gasteiger partial charge >= 0.3 is 0 Å². The summed E-state index contributed by atoms with van der Waals surface area (Å²) in [4.78, 5) is 8.78. The number of nitrogens with one attached hydrogen (secondary N) is 1. The zero-order valence-electron chi connectivity index (χ0n) is 8.51. The van der Waals surface area contributed by atoms with Gasteiger partial charge in [-0.05, 0) is 24.3 Å². The Morgan fingerprint density at radius 2 is 1.81 bits per heavy atom. The van der Waals surface area contributed by atoms with Crippen LogP contribution in [0.15, 0.2) is 42.5 Å². The standard InChI is InChI=1S/C12H10N4/c13-16-11-6-5-9-7-8-3-1-2-4-10(8)14-12(9)15-11/h1-7H,13H2,(H,14,15,16). The fourth-order valence-electron chi connectivity index (χ4n) is 1.73. The molecule has 3 rings (SSSR count). The minimum Gasteiger partial charge on any atom is -0.308 e. The molecule has 0 aliphatic rings. The van der Waals surface area contributed by atoms with Crippen LogP contribution in [0.2, 0.25) is 0 Å². The summed E-state index contributed by atoms with van der Waals surface area (Å²) in [6, 6.07) is 13.8. The second-order valence-electron chi connectivity index (χ2n) is 3.57. The van der Waals surface area contributed by atoms with E-state index in [-0.39, 0.29) is 0 Å². The van der Waals surface area contributed by atoms with Gasteiger partial charge in [-0.1, -0.05) is 18.2 Å². The first-order valence-electron chi connectivity index (χ1n) is 5.00. The Morgan fingerprint density at radius 3 is 2.69 bits per heavy atom. The van der Waals surface area contributed by atoms with E-state index in [1.165, 1.54) is 0 Å². The summed E-state index contributed by atoms with van der Waals surface area (Å²) in [7, 11) is 0. The van der Waals surface area contributed by atoms with Crippen molar-refractivity contribution < 1.29 is 0 Å². The zero-order valence-corrected chi connectivity index (χ0v) is 8.51. The van der Waals surface area contributed by atoms with Crippen molar-refractivity contribution in [3.8, 4) is 0 Å². The largest absolute Gasteiger partial charge is 0.308 e. The topological polar surface area (TPSA) is 63.8 Å². The summed E-state index contributed by atoms with van der Waals surface area (Å²) in [5.74, 6) is 5.93. The molecule has 0 aliphatic carbocycles. The van der Waals surface area contributed by atoms with Gasteiger partial charge in [0.2, 0.25) is 0 Å². The van der Waals surface area contributed by atoms with Gasteiger partial charge in [-0.3, -0.25) is 0 Å². The number of fused-ring (bicyclic) bond motifs is 2. The maximum atomic E-state index is 5.31. The third-order valence-corrected chi connectivity index (χ3v) is 2.53. The van der Waals surface area contributed by atoms with E-state index in [2.05, 4.69) is 21.5 Å². The molecule has 4 heteroatoms. The highest BCUT2D eigenvalue weighted by molar-refractivity contribution is 5.91. The summed E-state index contributed by atoms with van der Waals surface area (Å²) >= 11 is 0. The molecule has 78 valence electrons. The Hall–Kier alpha value is -2.20. The molecule has 0 saturated carbocycles. The van der Waals surface area contributed by atoms with Crippen molar-refractivity contribution in [2.75, 3.05) is 5.43 Å². The fraction of sp³-hybridized carbons (Fsp3) is 0. The number of pyridine rings is 2. The molecule has 3 aromatic rings. The number of anilines is 1. The van der Waals surface area contributed by atoms with Crippen LogP contribution < -0.4 is 11.3 Å². The number of hydrazine groups is 1. The van der Waals surface area contributed by atoms with Crippen LogP contribution in [0.25, 0.3) is 21.9 Å². The quantitative estimate of drug-likeness (QED) is 0.366. The van der Waals surface area contributed by atoms with Crippen LogP contribution in [0.5, 0.6) is 0 Å². The molecule has 0 spiro atoms. The minimum atomic E-state index is 0.621. The molecule has 0 aliphatic heterocycles. The van der Waals surface area contributed by atoms with Gasteiger partial charge < -0.3 is 5.43 Å². The third-order valence-electron chi connectivity index (χ3n) is 2.53. The highest BCUT2D eigenvalue weighted by Crippen LogP contribution is 2.19. The van der Waals surface area contributed by atoms with Gasteiger partial charge in [0.25, 0.3) is 0 Å². The van der Waals surface area contributed by atoms with Crippen LogP contribution in [0.4, 0.5) is 5.82 Å². The van der Waals surface area contributed by atoms with E-state index in [1.807, 2.05) is 36.4 Å². The number of nitrogens with two attached hydrogens (primary N) is 1. The predicted molar refractivity (Wildman–Crippen MR) is 64.9 cm³/mol. The Bertz CT molecular complexity index is 663. The molecule has 1 aromatic carbocycles. The average Bonchev–Trinajstić information content (AvgIpc) is 2.35. The van der Waals surface area contributed by atoms with Crippen molar-refractivity contribution in [3.63, 3.8) is 0 Å². The Balaban J connectivity index is 2.37. The number of rotatable bonds is 1. The molecular weight excluding hydrogens is 200 g/mol. The second-order valence-corrected chi connectivity index (χ2v) is 3.57. The predicted octanol–water partition coefficient (Wildman–Crippen LogP) is 2.07. The van der Waals surface area contributed by atoms with Gasteiger partial charge in [-0.25, -0.2) is 15.8 Å². The fourth-order valence-corrected chi connectivity index (χ4v) is 1.73. The molecule has 3 N–H and O–H groups in total. The molecule has 0 radical (unpaired) electrons. The normalized spacial score (nSPS) is 10.8. The molecular formula is C12H10N4. The zero-order chi connectivity index (χ0) is 11.0. The lowest BCUT2D eigenvalue weighted by atomic mass is 10.2. The molecule has 2 aromatic heterocycles. The van der Waals surface area contributed by atoms with E-state index in [4.69, 9.17) is 5.84 Å². The number of hydrogen-bond donors (Lipinski definition) is 2. The summed E-state index contributed by atoms with van der Waals surface area (Å²) in [5, 5.41) is 2.13. The van der Waals surface area contributed by atoms with Crippen LogP contribution in [0.3, 0.4) is 0 Å². The number of benzene rings is 1. The lowest BCUT2D eigenvalue weighted by Crippen LogP contribution is -2.08. The van der Waals surface area contributed by atoms with Crippen LogP contribution >= 0.6 is 0 Å². The summed E-state index contributed by atoms with van der Waals surface area (Å²) in [6.45, 7) is 0. The highest BCUT2D eigenvalue weighted by Gasteiger charge is 2.01. The first kappa shape index (κ1) is 9.06. The number of para-hydroxylation sites is 1. The van der Waals surface area contributed by atoms with Crippen molar-refractivity contribution in [1.29, 1.82) is 0 Å². The third kappa shape index (κ3) is 1.36. The summed E-state index contributed by atoms with van der Waals surface area (Å²) < 4.78 is 0. The van der Waals surface area contributed by atoms with Crippen molar-refractivity contribution in [3.05, 3.63) is 42.5 Å². The van der Waals surface area contributed by atoms with E-state index in [0.717, 1.165) is 16.3 Å². The van der Waals surface area contributed by atoms with Gasteiger partial charge in [0.05, 0.1) is 5.52 Å². The SMILES string of the molecule is NNc1ccc2cc3ccccc3nc2n1. The van der Waals surface area contributed by atoms with E-state index in [0.29, 0.717) is 11.5 Å². The molecule has 0 unspecified atom stereocenters. The molecule has 0 amide bonds. The molecule has 16 heavy (non-hydrogen) atoms. The van der Waals surface area contributed by atoms with Crippen LogP contribution in [-0.2, 0) is 0 Å². The Kier molecular flexibility index (Phi) is 1.94. The first-order chi connectivity index (χ1) is 7.86. The van der Waals surface area contributed by atoms with E-state index >= 15 is 0 Å². The minimum absolute atomic E-state index is 0.621. The lowest BCUT2D eigenvalue weighted by Gasteiger charge is -2.03. The molecule has 2 heterocycles. The number of aromatic nitrogens is 2. The van der Waals surface area contributed by atoms with Crippen LogP contribution in [0.1, 0.15) is 0 Å². The lowest BCUT2D eigenvalue weighted by molar-refractivity contribution is 1.24. The molecule has 0 bridgehead atoms. The van der Waals surface area contributed by atoms with E-state index in [9.17, 15) is 0 Å². The number of nitrogens with zero attached hydrogens (tertiary/aromatic N) is 2. The number of hydrogen-bond acceptors (Lipinski definition) is 4. The van der Waals surface area contributed by atoms with Crippen molar-refractivity contribution in [2.45, 2.75) is 0 Å².